The summed E-state index contributed by atoms with van der Waals surface area (Å²) in [4.78, 5) is 32.1. The number of carbonyl (C=O) groups excluding carboxylic acids is 1. The Hall–Kier alpha value is -4.41. The van der Waals surface area contributed by atoms with Crippen LogP contribution in [-0.4, -0.2) is 31.4 Å². The fraction of sp³-hybridized carbons (Fsp3) is 0.219. The first-order valence-corrected chi connectivity index (χ1v) is 14.5. The first-order chi connectivity index (χ1) is 20.7. The topological polar surface area (TPSA) is 88.4 Å². The normalized spacial score (nSPS) is 14.7. The molecular formula is C32H28ClFN2O6S. The highest BCUT2D eigenvalue weighted by Gasteiger charge is 2.33. The molecular weight excluding hydrogens is 595 g/mol. The molecule has 2 heterocycles. The van der Waals surface area contributed by atoms with E-state index in [1.165, 1.54) is 35.1 Å². The second-order valence-corrected chi connectivity index (χ2v) is 10.9. The van der Waals surface area contributed by atoms with Gasteiger partial charge in [-0.1, -0.05) is 47.2 Å². The molecule has 0 saturated heterocycles. The summed E-state index contributed by atoms with van der Waals surface area (Å²) < 4.78 is 38.2. The lowest BCUT2D eigenvalue weighted by atomic mass is 9.96. The van der Waals surface area contributed by atoms with E-state index in [1.807, 2.05) is 12.1 Å². The van der Waals surface area contributed by atoms with E-state index in [0.29, 0.717) is 43.4 Å². The van der Waals surface area contributed by atoms with Gasteiger partial charge in [-0.05, 0) is 67.4 Å². The standard InChI is InChI=1S/C32H28ClFN2O6S/c1-5-41-31(38)28-18(2)35-32-36(29(28)20-10-12-21(39-3)13-11-20)30(37)27(43-32)16-19-9-14-25(40-4)26(15-19)42-17-22-23(33)7-6-8-24(22)34/h6-16,29H,5,17H2,1-4H3/t29-/m0/s1. The van der Waals surface area contributed by atoms with Crippen LogP contribution in [0.3, 0.4) is 0 Å². The van der Waals surface area contributed by atoms with Gasteiger partial charge >= 0.3 is 5.97 Å². The lowest BCUT2D eigenvalue weighted by Crippen LogP contribution is -2.39. The largest absolute Gasteiger partial charge is 0.497 e. The van der Waals surface area contributed by atoms with E-state index >= 15 is 0 Å². The van der Waals surface area contributed by atoms with Crippen molar-refractivity contribution in [3.05, 3.63) is 119 Å². The lowest BCUT2D eigenvalue weighted by Gasteiger charge is -2.24. The minimum absolute atomic E-state index is 0.120. The molecule has 0 unspecified atom stereocenters. The summed E-state index contributed by atoms with van der Waals surface area (Å²) in [5.74, 6) is 0.405. The van der Waals surface area contributed by atoms with Crippen molar-refractivity contribution in [2.75, 3.05) is 20.8 Å². The number of hydrogen-bond acceptors (Lipinski definition) is 8. The van der Waals surface area contributed by atoms with Gasteiger partial charge in [0.15, 0.2) is 16.3 Å². The Morgan fingerprint density at radius 1 is 1.09 bits per heavy atom. The molecule has 0 saturated carbocycles. The van der Waals surface area contributed by atoms with Crippen molar-refractivity contribution >= 4 is 35.0 Å². The van der Waals surface area contributed by atoms with E-state index in [9.17, 15) is 14.0 Å². The van der Waals surface area contributed by atoms with Gasteiger partial charge in [0.2, 0.25) is 0 Å². The van der Waals surface area contributed by atoms with Gasteiger partial charge in [0, 0.05) is 5.56 Å². The first-order valence-electron chi connectivity index (χ1n) is 13.3. The molecule has 8 nitrogen and oxygen atoms in total. The van der Waals surface area contributed by atoms with Crippen LogP contribution in [0.1, 0.15) is 36.6 Å². The Kier molecular flexibility index (Phi) is 8.98. The molecule has 0 fully saturated rings. The highest BCUT2D eigenvalue weighted by Crippen LogP contribution is 2.32. The molecule has 5 rings (SSSR count). The predicted molar refractivity (Wildman–Crippen MR) is 162 cm³/mol. The van der Waals surface area contributed by atoms with Gasteiger partial charge in [0.25, 0.3) is 5.56 Å². The van der Waals surface area contributed by atoms with Crippen LogP contribution < -0.4 is 29.1 Å². The number of rotatable bonds is 9. The van der Waals surface area contributed by atoms with E-state index in [-0.39, 0.29) is 34.9 Å². The predicted octanol–water partition coefficient (Wildman–Crippen LogP) is 5.19. The maximum absolute atomic E-state index is 14.3. The van der Waals surface area contributed by atoms with Gasteiger partial charge in [0.1, 0.15) is 18.2 Å². The van der Waals surface area contributed by atoms with Gasteiger partial charge < -0.3 is 18.9 Å². The number of nitrogens with zero attached hydrogens (tertiary/aromatic N) is 2. The van der Waals surface area contributed by atoms with Gasteiger partial charge in [-0.15, -0.1) is 0 Å². The summed E-state index contributed by atoms with van der Waals surface area (Å²) >= 11 is 7.37. The number of thiazole rings is 1. The number of aromatic nitrogens is 1. The van der Waals surface area contributed by atoms with Crippen LogP contribution in [0.2, 0.25) is 5.02 Å². The quantitative estimate of drug-likeness (QED) is 0.239. The molecule has 0 N–H and O–H groups in total. The van der Waals surface area contributed by atoms with Gasteiger partial charge in [0.05, 0.1) is 47.7 Å². The number of benzene rings is 3. The summed E-state index contributed by atoms with van der Waals surface area (Å²) in [7, 11) is 3.07. The molecule has 222 valence electrons. The monoisotopic (exact) mass is 622 g/mol. The maximum atomic E-state index is 14.3. The molecule has 1 atom stereocenters. The molecule has 0 radical (unpaired) electrons. The second kappa shape index (κ2) is 12.8. The summed E-state index contributed by atoms with van der Waals surface area (Å²) in [6.45, 7) is 3.52. The van der Waals surface area contributed by atoms with Crippen LogP contribution in [0.4, 0.5) is 4.39 Å². The van der Waals surface area contributed by atoms with Crippen LogP contribution in [0.5, 0.6) is 17.2 Å². The van der Waals surface area contributed by atoms with E-state index in [1.54, 1.807) is 63.4 Å². The number of allylic oxidation sites excluding steroid dienone is 1. The zero-order valence-corrected chi connectivity index (χ0v) is 25.4. The van der Waals surface area contributed by atoms with Crippen molar-refractivity contribution in [3.8, 4) is 17.2 Å². The third-order valence-electron chi connectivity index (χ3n) is 6.87. The van der Waals surface area contributed by atoms with Crippen LogP contribution in [0.15, 0.2) is 81.7 Å². The SMILES string of the molecule is CCOC(=O)C1=C(C)N=c2sc(=Cc3ccc(OC)c(OCc4c(F)cccc4Cl)c3)c(=O)n2[C@H]1c1ccc(OC)cc1. The van der Waals surface area contributed by atoms with Crippen LogP contribution >= 0.6 is 22.9 Å². The number of halogens is 2. The van der Waals surface area contributed by atoms with Gasteiger partial charge in [-0.2, -0.15) is 0 Å². The number of methoxy groups -OCH3 is 2. The average Bonchev–Trinajstić information content (AvgIpc) is 3.30. The van der Waals surface area contributed by atoms with E-state index in [0.717, 1.165) is 0 Å². The Labute approximate surface area is 255 Å². The fourth-order valence-electron chi connectivity index (χ4n) is 4.76. The zero-order chi connectivity index (χ0) is 30.7. The number of carbonyl (C=O) groups is 1. The molecule has 4 aromatic rings. The van der Waals surface area contributed by atoms with Gasteiger partial charge in [-0.25, -0.2) is 14.2 Å². The molecule has 11 heteroatoms. The fourth-order valence-corrected chi connectivity index (χ4v) is 6.02. The van der Waals surface area contributed by atoms with E-state index in [4.69, 9.17) is 30.5 Å². The minimum atomic E-state index is -0.747. The Bertz CT molecular complexity index is 1880. The van der Waals surface area contributed by atoms with Crippen molar-refractivity contribution in [2.45, 2.75) is 26.5 Å². The minimum Gasteiger partial charge on any atom is -0.497 e. The molecule has 0 spiro atoms. The molecule has 43 heavy (non-hydrogen) atoms. The smallest absolute Gasteiger partial charge is 0.338 e. The molecule has 3 aromatic carbocycles. The van der Waals surface area contributed by atoms with Crippen LogP contribution in [-0.2, 0) is 16.1 Å². The molecule has 0 amide bonds. The zero-order valence-electron chi connectivity index (χ0n) is 23.9. The third kappa shape index (κ3) is 6.07. The van der Waals surface area contributed by atoms with Crippen LogP contribution in [0.25, 0.3) is 6.08 Å². The second-order valence-electron chi connectivity index (χ2n) is 9.47. The molecule has 1 aliphatic heterocycles. The van der Waals surface area contributed by atoms with Crippen molar-refractivity contribution in [1.29, 1.82) is 0 Å². The third-order valence-corrected chi connectivity index (χ3v) is 8.20. The van der Waals surface area contributed by atoms with Crippen molar-refractivity contribution < 1.29 is 28.1 Å². The number of esters is 1. The molecule has 1 aliphatic rings. The number of ether oxygens (including phenoxy) is 4. The number of hydrogen-bond donors (Lipinski definition) is 0. The Morgan fingerprint density at radius 3 is 2.53 bits per heavy atom. The molecule has 1 aromatic heterocycles. The van der Waals surface area contributed by atoms with Crippen molar-refractivity contribution in [2.24, 2.45) is 4.99 Å². The maximum Gasteiger partial charge on any atom is 0.338 e. The van der Waals surface area contributed by atoms with E-state index < -0.39 is 17.8 Å². The first kappa shape index (κ1) is 30.1. The van der Waals surface area contributed by atoms with E-state index in [2.05, 4.69) is 4.99 Å². The molecule has 0 aliphatic carbocycles. The number of fused-ring (bicyclic) bond motifs is 1. The molecule has 0 bridgehead atoms. The summed E-state index contributed by atoms with van der Waals surface area (Å²) in [5, 5.41) is 0.250. The average molecular weight is 623 g/mol. The summed E-state index contributed by atoms with van der Waals surface area (Å²) in [6, 6.07) is 16.0. The summed E-state index contributed by atoms with van der Waals surface area (Å²) in [6.07, 6.45) is 1.71. The lowest BCUT2D eigenvalue weighted by molar-refractivity contribution is -0.139. The summed E-state index contributed by atoms with van der Waals surface area (Å²) in [5.41, 5.74) is 2.00. The Morgan fingerprint density at radius 2 is 1.86 bits per heavy atom. The van der Waals surface area contributed by atoms with Gasteiger partial charge in [-0.3, -0.25) is 9.36 Å². The van der Waals surface area contributed by atoms with Crippen molar-refractivity contribution in [3.63, 3.8) is 0 Å². The van der Waals surface area contributed by atoms with Crippen molar-refractivity contribution in [1.82, 2.24) is 4.57 Å². The highest BCUT2D eigenvalue weighted by molar-refractivity contribution is 7.07. The highest BCUT2D eigenvalue weighted by atomic mass is 35.5. The van der Waals surface area contributed by atoms with Crippen LogP contribution in [0, 0.1) is 5.82 Å². The Balaban J connectivity index is 1.58.